The molecule has 0 aliphatic carbocycles. The molecule has 1 aliphatic rings. The molecular weight excluding hydrogens is 210 g/mol. The lowest BCUT2D eigenvalue weighted by Crippen LogP contribution is -2.44. The summed E-state index contributed by atoms with van der Waals surface area (Å²) in [5, 5.41) is 0. The predicted molar refractivity (Wildman–Crippen MR) is 63.5 cm³/mol. The normalized spacial score (nSPS) is 18.1. The first-order chi connectivity index (χ1) is 7.29. The van der Waals surface area contributed by atoms with Crippen molar-refractivity contribution >= 4 is 17.4 Å². The zero-order valence-electron chi connectivity index (χ0n) is 8.99. The van der Waals surface area contributed by atoms with E-state index in [9.17, 15) is 0 Å². The maximum atomic E-state index is 5.72. The Labute approximate surface area is 95.7 Å². The third-order valence-electron chi connectivity index (χ3n) is 2.79. The van der Waals surface area contributed by atoms with Crippen LogP contribution in [0.15, 0.2) is 18.3 Å². The zero-order chi connectivity index (χ0) is 10.7. The minimum Gasteiger partial charge on any atom is -0.354 e. The number of rotatable bonds is 2. The lowest BCUT2D eigenvalue weighted by Gasteiger charge is -2.33. The number of hydrogen-bond donors (Lipinski definition) is 0. The van der Waals surface area contributed by atoms with Crippen molar-refractivity contribution in [3.05, 3.63) is 23.9 Å². The molecule has 1 aromatic heterocycles. The van der Waals surface area contributed by atoms with Crippen LogP contribution in [-0.2, 0) is 5.88 Å². The first-order valence-electron chi connectivity index (χ1n) is 5.24. The Bertz CT molecular complexity index is 304. The molecule has 82 valence electrons. The van der Waals surface area contributed by atoms with Crippen molar-refractivity contribution in [2.45, 2.75) is 5.88 Å². The molecule has 0 radical (unpaired) electrons. The smallest absolute Gasteiger partial charge is 0.128 e. The van der Waals surface area contributed by atoms with Crippen molar-refractivity contribution in [3.63, 3.8) is 0 Å². The van der Waals surface area contributed by atoms with E-state index in [1.807, 2.05) is 12.3 Å². The van der Waals surface area contributed by atoms with E-state index in [2.05, 4.69) is 27.9 Å². The van der Waals surface area contributed by atoms with E-state index in [4.69, 9.17) is 11.6 Å². The van der Waals surface area contributed by atoms with Crippen molar-refractivity contribution in [3.8, 4) is 0 Å². The van der Waals surface area contributed by atoms with Crippen molar-refractivity contribution in [1.82, 2.24) is 9.88 Å². The molecule has 0 atom stereocenters. The molecule has 0 saturated carbocycles. The Balaban J connectivity index is 2.03. The number of alkyl halides is 1. The summed E-state index contributed by atoms with van der Waals surface area (Å²) >= 11 is 5.72. The second-order valence-corrected chi connectivity index (χ2v) is 4.22. The van der Waals surface area contributed by atoms with Gasteiger partial charge in [0.15, 0.2) is 0 Å². The van der Waals surface area contributed by atoms with Gasteiger partial charge in [-0.2, -0.15) is 0 Å². The molecule has 1 saturated heterocycles. The third-order valence-corrected chi connectivity index (χ3v) is 3.10. The van der Waals surface area contributed by atoms with E-state index in [-0.39, 0.29) is 0 Å². The van der Waals surface area contributed by atoms with E-state index in [0.717, 1.165) is 37.6 Å². The number of piperazine rings is 1. The van der Waals surface area contributed by atoms with Gasteiger partial charge in [-0.1, -0.05) is 6.07 Å². The molecule has 2 rings (SSSR count). The molecule has 3 nitrogen and oxygen atoms in total. The van der Waals surface area contributed by atoms with Crippen LogP contribution in [0.2, 0.25) is 0 Å². The van der Waals surface area contributed by atoms with Gasteiger partial charge < -0.3 is 9.80 Å². The first-order valence-corrected chi connectivity index (χ1v) is 5.77. The number of aromatic nitrogens is 1. The van der Waals surface area contributed by atoms with Gasteiger partial charge in [0, 0.05) is 38.3 Å². The number of pyridine rings is 1. The monoisotopic (exact) mass is 225 g/mol. The Morgan fingerprint density at radius 3 is 2.53 bits per heavy atom. The molecule has 2 heterocycles. The molecule has 1 fully saturated rings. The average Bonchev–Trinajstić information content (AvgIpc) is 2.30. The first kappa shape index (κ1) is 10.7. The quantitative estimate of drug-likeness (QED) is 0.713. The summed E-state index contributed by atoms with van der Waals surface area (Å²) in [5.41, 5.74) is 1.08. The summed E-state index contributed by atoms with van der Waals surface area (Å²) in [5.74, 6) is 1.60. The molecule has 15 heavy (non-hydrogen) atoms. The summed E-state index contributed by atoms with van der Waals surface area (Å²) in [6.07, 6.45) is 1.86. The van der Waals surface area contributed by atoms with Gasteiger partial charge in [-0.25, -0.2) is 4.98 Å². The highest BCUT2D eigenvalue weighted by molar-refractivity contribution is 6.17. The van der Waals surface area contributed by atoms with Crippen LogP contribution in [0, 0.1) is 0 Å². The van der Waals surface area contributed by atoms with Crippen LogP contribution < -0.4 is 4.90 Å². The summed E-state index contributed by atoms with van der Waals surface area (Å²) in [4.78, 5) is 9.08. The van der Waals surface area contributed by atoms with E-state index in [1.165, 1.54) is 0 Å². The van der Waals surface area contributed by atoms with Gasteiger partial charge in [0.2, 0.25) is 0 Å². The van der Waals surface area contributed by atoms with E-state index in [0.29, 0.717) is 5.88 Å². The third kappa shape index (κ3) is 2.61. The number of likely N-dealkylation sites (N-methyl/N-ethyl adjacent to an activating group) is 1. The van der Waals surface area contributed by atoms with Gasteiger partial charge in [-0.15, -0.1) is 11.6 Å². The zero-order valence-corrected chi connectivity index (χ0v) is 9.74. The van der Waals surface area contributed by atoms with Crippen molar-refractivity contribution < 1.29 is 0 Å². The predicted octanol–water partition coefficient (Wildman–Crippen LogP) is 1.57. The Morgan fingerprint density at radius 2 is 2.00 bits per heavy atom. The molecule has 0 unspecified atom stereocenters. The highest BCUT2D eigenvalue weighted by Crippen LogP contribution is 2.14. The summed E-state index contributed by atoms with van der Waals surface area (Å²) in [7, 11) is 2.15. The number of halogens is 1. The Morgan fingerprint density at radius 1 is 1.27 bits per heavy atom. The Hall–Kier alpha value is -0.800. The number of hydrogen-bond acceptors (Lipinski definition) is 3. The molecule has 1 aromatic rings. The highest BCUT2D eigenvalue weighted by Gasteiger charge is 2.14. The van der Waals surface area contributed by atoms with E-state index >= 15 is 0 Å². The molecule has 0 amide bonds. The maximum absolute atomic E-state index is 5.72. The fraction of sp³-hybridized carbons (Fsp3) is 0.545. The fourth-order valence-corrected chi connectivity index (χ4v) is 1.88. The lowest BCUT2D eigenvalue weighted by atomic mass is 10.3. The van der Waals surface area contributed by atoms with E-state index < -0.39 is 0 Å². The van der Waals surface area contributed by atoms with E-state index in [1.54, 1.807) is 0 Å². The van der Waals surface area contributed by atoms with Gasteiger partial charge in [0.25, 0.3) is 0 Å². The van der Waals surface area contributed by atoms with Crippen LogP contribution in [-0.4, -0.2) is 43.1 Å². The summed E-state index contributed by atoms with van der Waals surface area (Å²) < 4.78 is 0. The molecular formula is C11H16ClN3. The maximum Gasteiger partial charge on any atom is 0.128 e. The van der Waals surface area contributed by atoms with Crippen LogP contribution >= 0.6 is 11.6 Å². The van der Waals surface area contributed by atoms with Gasteiger partial charge >= 0.3 is 0 Å². The van der Waals surface area contributed by atoms with Crippen LogP contribution in [0.1, 0.15) is 5.56 Å². The molecule has 4 heteroatoms. The highest BCUT2D eigenvalue weighted by atomic mass is 35.5. The molecule has 0 aromatic carbocycles. The summed E-state index contributed by atoms with van der Waals surface area (Å²) in [6, 6.07) is 4.11. The second kappa shape index (κ2) is 4.81. The van der Waals surface area contributed by atoms with Crippen LogP contribution in [0.25, 0.3) is 0 Å². The van der Waals surface area contributed by atoms with Crippen LogP contribution in [0.4, 0.5) is 5.82 Å². The summed E-state index contributed by atoms with van der Waals surface area (Å²) in [6.45, 7) is 4.34. The fourth-order valence-electron chi connectivity index (χ4n) is 1.72. The van der Waals surface area contributed by atoms with Crippen LogP contribution in [0.5, 0.6) is 0 Å². The topological polar surface area (TPSA) is 19.4 Å². The second-order valence-electron chi connectivity index (χ2n) is 3.95. The van der Waals surface area contributed by atoms with Gasteiger partial charge in [0.1, 0.15) is 5.82 Å². The van der Waals surface area contributed by atoms with Crippen molar-refractivity contribution in [1.29, 1.82) is 0 Å². The van der Waals surface area contributed by atoms with Gasteiger partial charge in [0.05, 0.1) is 0 Å². The van der Waals surface area contributed by atoms with Crippen molar-refractivity contribution in [2.24, 2.45) is 0 Å². The standard InChI is InChI=1S/C11H16ClN3/c1-14-4-6-15(7-5-14)11-3-2-10(8-12)9-13-11/h2-3,9H,4-8H2,1H3. The van der Waals surface area contributed by atoms with Crippen molar-refractivity contribution in [2.75, 3.05) is 38.1 Å². The minimum absolute atomic E-state index is 0.538. The lowest BCUT2D eigenvalue weighted by molar-refractivity contribution is 0.312. The Kier molecular flexibility index (Phi) is 3.44. The number of anilines is 1. The van der Waals surface area contributed by atoms with Crippen LogP contribution in [0.3, 0.4) is 0 Å². The molecule has 1 aliphatic heterocycles. The SMILES string of the molecule is CN1CCN(c2ccc(CCl)cn2)CC1. The van der Waals surface area contributed by atoms with Gasteiger partial charge in [-0.3, -0.25) is 0 Å². The largest absolute Gasteiger partial charge is 0.354 e. The van der Waals surface area contributed by atoms with Gasteiger partial charge in [-0.05, 0) is 18.7 Å². The molecule has 0 spiro atoms. The number of nitrogens with zero attached hydrogens (tertiary/aromatic N) is 3. The molecule has 0 bridgehead atoms. The average molecular weight is 226 g/mol. The minimum atomic E-state index is 0.538. The molecule has 0 N–H and O–H groups in total.